The van der Waals surface area contributed by atoms with Crippen LogP contribution in [0.1, 0.15) is 38.5 Å². The maximum Gasteiger partial charge on any atom is 0.252 e. The molecule has 2 amide bonds. The predicted octanol–water partition coefficient (Wildman–Crippen LogP) is 3.42. The second kappa shape index (κ2) is 6.54. The highest BCUT2D eigenvalue weighted by Gasteiger charge is 2.21. The lowest BCUT2D eigenvalue weighted by atomic mass is 10.2. The van der Waals surface area contributed by atoms with Crippen LogP contribution in [0.5, 0.6) is 0 Å². The number of aryl methyl sites for hydroxylation is 2. The minimum absolute atomic E-state index is 0.0364. The summed E-state index contributed by atoms with van der Waals surface area (Å²) < 4.78 is 0. The number of hydrogen-bond acceptors (Lipinski definition) is 3. The van der Waals surface area contributed by atoms with Gasteiger partial charge in [-0.3, -0.25) is 9.59 Å². The second-order valence-corrected chi connectivity index (χ2v) is 7.29. The van der Waals surface area contributed by atoms with Crippen molar-refractivity contribution in [2.45, 2.75) is 33.2 Å². The van der Waals surface area contributed by atoms with Crippen molar-refractivity contribution in [3.05, 3.63) is 51.2 Å². The summed E-state index contributed by atoms with van der Waals surface area (Å²) in [6, 6.07) is 9.76. The van der Waals surface area contributed by atoms with Crippen molar-refractivity contribution >= 4 is 28.8 Å². The highest BCUT2D eigenvalue weighted by Crippen LogP contribution is 2.22. The Morgan fingerprint density at radius 3 is 2.57 bits per heavy atom. The lowest BCUT2D eigenvalue weighted by Gasteiger charge is -2.16. The van der Waals surface area contributed by atoms with Gasteiger partial charge in [0.1, 0.15) is 0 Å². The Bertz CT molecular complexity index is 734. The van der Waals surface area contributed by atoms with Crippen molar-refractivity contribution in [3.8, 4) is 0 Å². The molecule has 0 bridgehead atoms. The summed E-state index contributed by atoms with van der Waals surface area (Å²) in [6.07, 6.45) is 1.56. The maximum atomic E-state index is 12.2. The van der Waals surface area contributed by atoms with E-state index in [1.54, 1.807) is 11.3 Å². The molecule has 0 unspecified atom stereocenters. The largest absolute Gasteiger partial charge is 0.348 e. The normalized spacial score (nSPS) is 14.3. The van der Waals surface area contributed by atoms with E-state index >= 15 is 0 Å². The summed E-state index contributed by atoms with van der Waals surface area (Å²) in [6.45, 7) is 5.26. The van der Waals surface area contributed by atoms with Crippen LogP contribution in [0.2, 0.25) is 0 Å². The fourth-order valence-electron chi connectivity index (χ4n) is 2.85. The minimum Gasteiger partial charge on any atom is -0.348 e. The fraction of sp³-hybridized carbons (Fsp3) is 0.333. The molecule has 0 spiro atoms. The van der Waals surface area contributed by atoms with Gasteiger partial charge in [0, 0.05) is 35.0 Å². The van der Waals surface area contributed by atoms with Crippen LogP contribution in [0.15, 0.2) is 30.3 Å². The first-order chi connectivity index (χ1) is 11.0. The van der Waals surface area contributed by atoms with Gasteiger partial charge in [0.15, 0.2) is 0 Å². The number of carbonyl (C=O) groups excluding carboxylic acids is 2. The molecule has 1 N–H and O–H groups in total. The third-order valence-corrected chi connectivity index (χ3v) is 5.03. The molecule has 120 valence electrons. The molecule has 5 heteroatoms. The van der Waals surface area contributed by atoms with Crippen LogP contribution in [0, 0.1) is 13.8 Å². The summed E-state index contributed by atoms with van der Waals surface area (Å²) in [5, 5.41) is 2.95. The Balaban J connectivity index is 1.61. The summed E-state index contributed by atoms with van der Waals surface area (Å²) >= 11 is 1.64. The van der Waals surface area contributed by atoms with E-state index in [1.165, 1.54) is 0 Å². The van der Waals surface area contributed by atoms with Crippen molar-refractivity contribution in [2.24, 2.45) is 0 Å². The van der Waals surface area contributed by atoms with Crippen LogP contribution in [0.4, 0.5) is 5.69 Å². The summed E-state index contributed by atoms with van der Waals surface area (Å²) in [5.74, 6) is 0.153. The molecular formula is C18H20N2O2S. The molecule has 1 aromatic heterocycles. The second-order valence-electron chi connectivity index (χ2n) is 5.82. The monoisotopic (exact) mass is 328 g/mol. The number of nitrogens with zero attached hydrogens (tertiary/aromatic N) is 1. The minimum atomic E-state index is -0.0364. The van der Waals surface area contributed by atoms with Crippen molar-refractivity contribution in [3.63, 3.8) is 0 Å². The molecule has 1 aliphatic rings. The molecule has 1 saturated heterocycles. The molecule has 3 rings (SSSR count). The van der Waals surface area contributed by atoms with E-state index in [1.807, 2.05) is 49.1 Å². The number of hydrogen-bond donors (Lipinski definition) is 1. The average molecular weight is 328 g/mol. The molecule has 2 aromatic rings. The third-order valence-electron chi connectivity index (χ3n) is 4.06. The van der Waals surface area contributed by atoms with Crippen molar-refractivity contribution in [1.82, 2.24) is 5.32 Å². The number of thiophene rings is 1. The van der Waals surface area contributed by atoms with E-state index in [0.717, 1.165) is 39.5 Å². The topological polar surface area (TPSA) is 49.4 Å². The summed E-state index contributed by atoms with van der Waals surface area (Å²) in [5.41, 5.74) is 2.72. The van der Waals surface area contributed by atoms with Crippen LogP contribution in [0.3, 0.4) is 0 Å². The van der Waals surface area contributed by atoms with E-state index < -0.39 is 0 Å². The van der Waals surface area contributed by atoms with Crippen LogP contribution in [0.25, 0.3) is 0 Å². The van der Waals surface area contributed by atoms with Crippen LogP contribution >= 0.6 is 11.3 Å². The first kappa shape index (κ1) is 15.7. The Kier molecular flexibility index (Phi) is 4.48. The molecule has 0 radical (unpaired) electrons. The lowest BCUT2D eigenvalue weighted by Crippen LogP contribution is -2.24. The number of benzene rings is 1. The Morgan fingerprint density at radius 2 is 2.00 bits per heavy atom. The standard InChI is InChI=1S/C18H20N2O2S/c1-12-10-16(13(2)23-12)18(22)19-11-14-5-7-15(8-6-14)20-9-3-4-17(20)21/h5-8,10H,3-4,9,11H2,1-2H3,(H,19,22). The molecule has 0 saturated carbocycles. The fourth-order valence-corrected chi connectivity index (χ4v) is 3.77. The number of rotatable bonds is 4. The van der Waals surface area contributed by atoms with Crippen molar-refractivity contribution < 1.29 is 9.59 Å². The predicted molar refractivity (Wildman–Crippen MR) is 93.0 cm³/mol. The molecule has 1 aliphatic heterocycles. The van der Waals surface area contributed by atoms with E-state index in [2.05, 4.69) is 5.32 Å². The van der Waals surface area contributed by atoms with Gasteiger partial charge < -0.3 is 10.2 Å². The Hall–Kier alpha value is -2.14. The van der Waals surface area contributed by atoms with E-state index in [-0.39, 0.29) is 11.8 Å². The Morgan fingerprint density at radius 1 is 1.26 bits per heavy atom. The summed E-state index contributed by atoms with van der Waals surface area (Å²) in [4.78, 5) is 28.0. The van der Waals surface area contributed by atoms with Crippen molar-refractivity contribution in [1.29, 1.82) is 0 Å². The maximum absolute atomic E-state index is 12.2. The van der Waals surface area contributed by atoms with E-state index in [9.17, 15) is 9.59 Å². The van der Waals surface area contributed by atoms with Gasteiger partial charge in [-0.1, -0.05) is 12.1 Å². The van der Waals surface area contributed by atoms with Gasteiger partial charge in [-0.15, -0.1) is 11.3 Å². The molecule has 4 nitrogen and oxygen atoms in total. The first-order valence-corrected chi connectivity index (χ1v) is 8.61. The first-order valence-electron chi connectivity index (χ1n) is 7.79. The van der Waals surface area contributed by atoms with E-state index in [0.29, 0.717) is 13.0 Å². The molecule has 0 atom stereocenters. The highest BCUT2D eigenvalue weighted by molar-refractivity contribution is 7.12. The molecule has 23 heavy (non-hydrogen) atoms. The van der Waals surface area contributed by atoms with Gasteiger partial charge in [-0.05, 0) is 44.0 Å². The number of anilines is 1. The van der Waals surface area contributed by atoms with Gasteiger partial charge in [-0.25, -0.2) is 0 Å². The average Bonchev–Trinajstić information content (AvgIpc) is 3.10. The lowest BCUT2D eigenvalue weighted by molar-refractivity contribution is -0.117. The Labute approximate surface area is 140 Å². The van der Waals surface area contributed by atoms with E-state index in [4.69, 9.17) is 0 Å². The zero-order chi connectivity index (χ0) is 16.4. The zero-order valence-corrected chi connectivity index (χ0v) is 14.2. The van der Waals surface area contributed by atoms with Crippen molar-refractivity contribution in [2.75, 3.05) is 11.4 Å². The molecule has 1 fully saturated rings. The highest BCUT2D eigenvalue weighted by atomic mass is 32.1. The van der Waals surface area contributed by atoms with Crippen LogP contribution in [-0.4, -0.2) is 18.4 Å². The van der Waals surface area contributed by atoms with Gasteiger partial charge >= 0.3 is 0 Å². The molecule has 2 heterocycles. The smallest absolute Gasteiger partial charge is 0.252 e. The number of amides is 2. The molecular weight excluding hydrogens is 308 g/mol. The SMILES string of the molecule is Cc1cc(C(=O)NCc2ccc(N3CCCC3=O)cc2)c(C)s1. The van der Waals surface area contributed by atoms with Gasteiger partial charge in [0.05, 0.1) is 5.56 Å². The van der Waals surface area contributed by atoms with Crippen LogP contribution < -0.4 is 10.2 Å². The van der Waals surface area contributed by atoms with Gasteiger partial charge in [0.2, 0.25) is 5.91 Å². The molecule has 1 aromatic carbocycles. The number of carbonyl (C=O) groups is 2. The van der Waals surface area contributed by atoms with Crippen LogP contribution in [-0.2, 0) is 11.3 Å². The van der Waals surface area contributed by atoms with Gasteiger partial charge in [-0.2, -0.15) is 0 Å². The molecule has 0 aliphatic carbocycles. The third kappa shape index (κ3) is 3.45. The zero-order valence-electron chi connectivity index (χ0n) is 13.4. The summed E-state index contributed by atoms with van der Waals surface area (Å²) in [7, 11) is 0. The number of nitrogens with one attached hydrogen (secondary N) is 1. The quantitative estimate of drug-likeness (QED) is 0.935. The van der Waals surface area contributed by atoms with Gasteiger partial charge in [0.25, 0.3) is 5.91 Å².